The van der Waals surface area contributed by atoms with Crippen LogP contribution in [0.15, 0.2) is 0 Å². The quantitative estimate of drug-likeness (QED) is 0.574. The fourth-order valence-electron chi connectivity index (χ4n) is 1.13. The van der Waals surface area contributed by atoms with Crippen LogP contribution >= 0.6 is 12.2 Å². The summed E-state index contributed by atoms with van der Waals surface area (Å²) in [6.45, 7) is 3.29. The Morgan fingerprint density at radius 2 is 1.94 bits per heavy atom. The molecule has 0 bridgehead atoms. The lowest BCUT2D eigenvalue weighted by Gasteiger charge is -2.25. The summed E-state index contributed by atoms with van der Waals surface area (Å²) in [5, 5.41) is 2.42. The SMILES string of the molecule is CCC(C)(C(=O)NCCCC(F)(F)F)C(N)=S. The Morgan fingerprint density at radius 1 is 1.41 bits per heavy atom. The molecular weight excluding hydrogens is 253 g/mol. The van der Waals surface area contributed by atoms with Crippen molar-refractivity contribution >= 4 is 23.1 Å². The van der Waals surface area contributed by atoms with E-state index >= 15 is 0 Å². The summed E-state index contributed by atoms with van der Waals surface area (Å²) in [5.41, 5.74) is 4.45. The van der Waals surface area contributed by atoms with Crippen LogP contribution in [-0.4, -0.2) is 23.6 Å². The minimum atomic E-state index is -4.19. The van der Waals surface area contributed by atoms with Crippen LogP contribution in [0.25, 0.3) is 0 Å². The normalized spacial score (nSPS) is 15.1. The number of hydrogen-bond acceptors (Lipinski definition) is 2. The third-order valence-electron chi connectivity index (χ3n) is 2.67. The zero-order chi connectivity index (χ0) is 13.7. The lowest BCUT2D eigenvalue weighted by Crippen LogP contribution is -2.46. The molecule has 0 aliphatic carbocycles. The van der Waals surface area contributed by atoms with E-state index in [1.54, 1.807) is 13.8 Å². The number of hydrogen-bond donors (Lipinski definition) is 2. The summed E-state index contributed by atoms with van der Waals surface area (Å²) in [6.07, 6.45) is -4.84. The molecule has 1 atom stereocenters. The highest BCUT2D eigenvalue weighted by molar-refractivity contribution is 7.80. The lowest BCUT2D eigenvalue weighted by molar-refractivity contribution is -0.136. The topological polar surface area (TPSA) is 55.1 Å². The third kappa shape index (κ3) is 5.34. The molecule has 0 aromatic heterocycles. The fraction of sp³-hybridized carbons (Fsp3) is 0.800. The molecule has 0 heterocycles. The first-order valence-corrected chi connectivity index (χ1v) is 5.69. The number of nitrogens with two attached hydrogens (primary N) is 1. The number of rotatable bonds is 6. The fourth-order valence-corrected chi connectivity index (χ4v) is 1.37. The molecule has 0 aromatic rings. The molecule has 0 saturated heterocycles. The van der Waals surface area contributed by atoms with Gasteiger partial charge in [0.25, 0.3) is 0 Å². The second-order valence-corrected chi connectivity index (χ2v) is 4.46. The van der Waals surface area contributed by atoms with Crippen molar-refractivity contribution < 1.29 is 18.0 Å². The second kappa shape index (κ2) is 6.18. The van der Waals surface area contributed by atoms with Crippen molar-refractivity contribution in [2.24, 2.45) is 11.1 Å². The predicted octanol–water partition coefficient (Wildman–Crippen LogP) is 2.15. The van der Waals surface area contributed by atoms with E-state index in [0.717, 1.165) is 0 Å². The molecule has 3 nitrogen and oxygen atoms in total. The molecule has 7 heteroatoms. The summed E-state index contributed by atoms with van der Waals surface area (Å²) >= 11 is 4.78. The minimum Gasteiger partial charge on any atom is -0.392 e. The number of amides is 1. The summed E-state index contributed by atoms with van der Waals surface area (Å²) in [7, 11) is 0. The maximum atomic E-state index is 11.9. The first kappa shape index (κ1) is 16.1. The van der Waals surface area contributed by atoms with Crippen molar-refractivity contribution in [2.75, 3.05) is 6.54 Å². The number of thiocarbonyl (C=S) groups is 1. The maximum absolute atomic E-state index is 11.9. The van der Waals surface area contributed by atoms with Crippen molar-refractivity contribution in [3.05, 3.63) is 0 Å². The highest BCUT2D eigenvalue weighted by Crippen LogP contribution is 2.23. The average molecular weight is 270 g/mol. The molecule has 0 aromatic carbocycles. The van der Waals surface area contributed by atoms with Crippen molar-refractivity contribution in [3.63, 3.8) is 0 Å². The van der Waals surface area contributed by atoms with E-state index < -0.39 is 23.9 Å². The van der Waals surface area contributed by atoms with Gasteiger partial charge in [0.15, 0.2) is 0 Å². The molecule has 0 aliphatic heterocycles. The molecule has 3 N–H and O–H groups in total. The van der Waals surface area contributed by atoms with Crippen LogP contribution in [-0.2, 0) is 4.79 Å². The Morgan fingerprint density at radius 3 is 2.29 bits per heavy atom. The molecule has 100 valence electrons. The van der Waals surface area contributed by atoms with Crippen LogP contribution < -0.4 is 11.1 Å². The molecule has 0 radical (unpaired) electrons. The van der Waals surface area contributed by atoms with E-state index in [9.17, 15) is 18.0 Å². The van der Waals surface area contributed by atoms with Gasteiger partial charge in [-0.1, -0.05) is 19.1 Å². The van der Waals surface area contributed by atoms with Crippen molar-refractivity contribution in [1.29, 1.82) is 0 Å². The predicted molar refractivity (Wildman–Crippen MR) is 63.5 cm³/mol. The molecule has 1 amide bonds. The monoisotopic (exact) mass is 270 g/mol. The molecule has 0 rings (SSSR count). The highest BCUT2D eigenvalue weighted by Gasteiger charge is 2.34. The maximum Gasteiger partial charge on any atom is 0.389 e. The third-order valence-corrected chi connectivity index (χ3v) is 3.13. The largest absolute Gasteiger partial charge is 0.392 e. The van der Waals surface area contributed by atoms with Gasteiger partial charge < -0.3 is 11.1 Å². The molecule has 0 saturated carbocycles. The van der Waals surface area contributed by atoms with Crippen LogP contribution in [0, 0.1) is 5.41 Å². The van der Waals surface area contributed by atoms with Crippen molar-refractivity contribution in [2.45, 2.75) is 39.3 Å². The van der Waals surface area contributed by atoms with Crippen LogP contribution in [0.4, 0.5) is 13.2 Å². The standard InChI is InChI=1S/C10H17F3N2OS/c1-3-9(2,7(14)17)8(16)15-6-4-5-10(11,12)13/h3-6H2,1-2H3,(H2,14,17)(H,15,16). The van der Waals surface area contributed by atoms with Gasteiger partial charge in [-0.25, -0.2) is 0 Å². The van der Waals surface area contributed by atoms with E-state index in [0.29, 0.717) is 6.42 Å². The van der Waals surface area contributed by atoms with Gasteiger partial charge in [-0.15, -0.1) is 0 Å². The molecule has 0 aliphatic rings. The van der Waals surface area contributed by atoms with Gasteiger partial charge in [-0.05, 0) is 19.8 Å². The Bertz CT molecular complexity index is 294. The minimum absolute atomic E-state index is 0.0312. The summed E-state index contributed by atoms with van der Waals surface area (Å²) < 4.78 is 35.6. The van der Waals surface area contributed by atoms with Crippen LogP contribution in [0.3, 0.4) is 0 Å². The van der Waals surface area contributed by atoms with E-state index in [4.69, 9.17) is 18.0 Å². The number of carbonyl (C=O) groups excluding carboxylic acids is 1. The van der Waals surface area contributed by atoms with Crippen LogP contribution in [0.1, 0.15) is 33.1 Å². The number of carbonyl (C=O) groups is 1. The Labute approximate surface area is 104 Å². The summed E-state index contributed by atoms with van der Waals surface area (Å²) in [5.74, 6) is -0.422. The highest BCUT2D eigenvalue weighted by atomic mass is 32.1. The number of nitrogens with one attached hydrogen (secondary N) is 1. The Kier molecular flexibility index (Phi) is 5.87. The zero-order valence-corrected chi connectivity index (χ0v) is 10.7. The first-order valence-electron chi connectivity index (χ1n) is 5.28. The number of alkyl halides is 3. The van der Waals surface area contributed by atoms with Gasteiger partial charge in [0, 0.05) is 13.0 Å². The van der Waals surface area contributed by atoms with Gasteiger partial charge in [0.1, 0.15) is 0 Å². The van der Waals surface area contributed by atoms with E-state index in [1.807, 2.05) is 0 Å². The van der Waals surface area contributed by atoms with Gasteiger partial charge in [0.05, 0.1) is 10.4 Å². The van der Waals surface area contributed by atoms with Gasteiger partial charge in [-0.3, -0.25) is 4.79 Å². The van der Waals surface area contributed by atoms with Crippen molar-refractivity contribution in [3.8, 4) is 0 Å². The molecule has 17 heavy (non-hydrogen) atoms. The second-order valence-electron chi connectivity index (χ2n) is 4.02. The molecule has 1 unspecified atom stereocenters. The van der Waals surface area contributed by atoms with Crippen molar-refractivity contribution in [1.82, 2.24) is 5.32 Å². The molecule has 0 fully saturated rings. The van der Waals surface area contributed by atoms with E-state index in [-0.39, 0.29) is 18.0 Å². The van der Waals surface area contributed by atoms with E-state index in [1.165, 1.54) is 0 Å². The molecule has 0 spiro atoms. The summed E-state index contributed by atoms with van der Waals surface area (Å²) in [4.78, 5) is 11.8. The molecular formula is C10H17F3N2OS. The van der Waals surface area contributed by atoms with Crippen LogP contribution in [0.5, 0.6) is 0 Å². The Balaban J connectivity index is 4.14. The smallest absolute Gasteiger partial charge is 0.389 e. The van der Waals surface area contributed by atoms with Gasteiger partial charge >= 0.3 is 6.18 Å². The average Bonchev–Trinajstić information content (AvgIpc) is 2.21. The first-order chi connectivity index (χ1) is 7.63. The van der Waals surface area contributed by atoms with E-state index in [2.05, 4.69) is 5.32 Å². The van der Waals surface area contributed by atoms with Gasteiger partial charge in [0.2, 0.25) is 5.91 Å². The lowest BCUT2D eigenvalue weighted by atomic mass is 9.86. The van der Waals surface area contributed by atoms with Gasteiger partial charge in [-0.2, -0.15) is 13.2 Å². The summed E-state index contributed by atoms with van der Waals surface area (Å²) in [6, 6.07) is 0. The zero-order valence-electron chi connectivity index (χ0n) is 9.86. The van der Waals surface area contributed by atoms with Crippen LogP contribution in [0.2, 0.25) is 0 Å². The number of halogens is 3. The Hall–Kier alpha value is -0.850.